The highest BCUT2D eigenvalue weighted by atomic mass is 35.5. The summed E-state index contributed by atoms with van der Waals surface area (Å²) in [5.41, 5.74) is 6.47. The monoisotopic (exact) mass is 361 g/mol. The number of para-hydroxylation sites is 1. The maximum Gasteiger partial charge on any atom is 0.140 e. The SMILES string of the molecule is Cn1cc2c3c(ccnc31)-c1ccccc1NC2c1ccc(O)c(Cl)c1. The number of fused-ring (bicyclic) bond motifs is 2. The van der Waals surface area contributed by atoms with Gasteiger partial charge in [0.2, 0.25) is 0 Å². The highest BCUT2D eigenvalue weighted by molar-refractivity contribution is 6.32. The van der Waals surface area contributed by atoms with Crippen LogP contribution in [0.3, 0.4) is 0 Å². The molecule has 2 aromatic carbocycles. The van der Waals surface area contributed by atoms with E-state index < -0.39 is 0 Å². The van der Waals surface area contributed by atoms with Gasteiger partial charge in [-0.3, -0.25) is 0 Å². The van der Waals surface area contributed by atoms with Crippen LogP contribution in [-0.2, 0) is 7.05 Å². The van der Waals surface area contributed by atoms with Crippen LogP contribution in [0.4, 0.5) is 5.69 Å². The first kappa shape index (κ1) is 15.3. The molecule has 0 saturated heterocycles. The molecule has 4 aromatic rings. The first-order chi connectivity index (χ1) is 12.6. The summed E-state index contributed by atoms with van der Waals surface area (Å²) in [7, 11) is 2.01. The number of benzene rings is 2. The van der Waals surface area contributed by atoms with Gasteiger partial charge in [0.1, 0.15) is 11.4 Å². The number of nitrogens with one attached hydrogen (secondary N) is 1. The summed E-state index contributed by atoms with van der Waals surface area (Å²) in [5.74, 6) is 0.0877. The van der Waals surface area contributed by atoms with E-state index in [1.807, 2.05) is 37.5 Å². The number of hydrogen-bond acceptors (Lipinski definition) is 3. The van der Waals surface area contributed by atoms with Gasteiger partial charge in [-0.1, -0.05) is 35.9 Å². The van der Waals surface area contributed by atoms with Gasteiger partial charge in [0.05, 0.1) is 11.1 Å². The van der Waals surface area contributed by atoms with E-state index in [0.717, 1.165) is 33.4 Å². The Morgan fingerprint density at radius 3 is 2.81 bits per heavy atom. The lowest BCUT2D eigenvalue weighted by Gasteiger charge is -2.20. The van der Waals surface area contributed by atoms with E-state index in [1.54, 1.807) is 6.07 Å². The van der Waals surface area contributed by atoms with Crippen LogP contribution in [-0.4, -0.2) is 14.7 Å². The number of aryl methyl sites for hydroxylation is 1. The summed E-state index contributed by atoms with van der Waals surface area (Å²) in [6.07, 6.45) is 3.97. The van der Waals surface area contributed by atoms with Gasteiger partial charge in [-0.15, -0.1) is 0 Å². The molecular formula is C21H16ClN3O. The van der Waals surface area contributed by atoms with Crippen LogP contribution >= 0.6 is 11.6 Å². The Balaban J connectivity index is 1.85. The first-order valence-corrected chi connectivity index (χ1v) is 8.79. The summed E-state index contributed by atoms with van der Waals surface area (Å²) < 4.78 is 2.05. The maximum absolute atomic E-state index is 9.80. The largest absolute Gasteiger partial charge is 0.506 e. The molecule has 0 fully saturated rings. The zero-order valence-electron chi connectivity index (χ0n) is 14.1. The van der Waals surface area contributed by atoms with Crippen LogP contribution in [0, 0.1) is 0 Å². The quantitative estimate of drug-likeness (QED) is 0.495. The lowest BCUT2D eigenvalue weighted by Crippen LogP contribution is -2.11. The van der Waals surface area contributed by atoms with Crippen molar-refractivity contribution in [3.05, 3.63) is 77.1 Å². The van der Waals surface area contributed by atoms with Gasteiger partial charge in [-0.25, -0.2) is 4.98 Å². The van der Waals surface area contributed by atoms with Crippen LogP contribution in [0.2, 0.25) is 5.02 Å². The Morgan fingerprint density at radius 1 is 1.12 bits per heavy atom. The smallest absolute Gasteiger partial charge is 0.140 e. The molecule has 1 aliphatic heterocycles. The molecule has 1 atom stereocenters. The number of phenols is 1. The van der Waals surface area contributed by atoms with Crippen molar-refractivity contribution in [3.63, 3.8) is 0 Å². The van der Waals surface area contributed by atoms with Gasteiger partial charge in [0.25, 0.3) is 0 Å². The molecule has 2 aromatic heterocycles. The van der Waals surface area contributed by atoms with Crippen LogP contribution in [0.25, 0.3) is 22.2 Å². The number of hydrogen-bond donors (Lipinski definition) is 2. The standard InChI is InChI=1S/C21H16ClN3O/c1-25-11-15-19-14(8-9-23-21(19)25)13-4-2-3-5-17(13)24-20(15)12-6-7-18(26)16(22)10-12/h2-11,20,24,26H,1H3. The molecule has 128 valence electrons. The Morgan fingerprint density at radius 2 is 1.96 bits per heavy atom. The average Bonchev–Trinajstić information content (AvgIpc) is 2.91. The fraction of sp³-hybridized carbons (Fsp3) is 0.0952. The van der Waals surface area contributed by atoms with Crippen molar-refractivity contribution in [1.82, 2.24) is 9.55 Å². The summed E-state index contributed by atoms with van der Waals surface area (Å²) in [6.45, 7) is 0. The molecule has 5 rings (SSSR count). The molecule has 0 amide bonds. The van der Waals surface area contributed by atoms with Crippen molar-refractivity contribution >= 4 is 28.3 Å². The van der Waals surface area contributed by atoms with Crippen molar-refractivity contribution in [3.8, 4) is 16.9 Å². The molecular weight excluding hydrogens is 346 g/mol. The van der Waals surface area contributed by atoms with E-state index >= 15 is 0 Å². The molecule has 1 aliphatic rings. The molecule has 1 unspecified atom stereocenters. The van der Waals surface area contributed by atoms with Crippen LogP contribution in [0.1, 0.15) is 17.2 Å². The van der Waals surface area contributed by atoms with Gasteiger partial charge in [-0.05, 0) is 35.4 Å². The van der Waals surface area contributed by atoms with Gasteiger partial charge in [-0.2, -0.15) is 0 Å². The Bertz CT molecular complexity index is 1170. The number of halogens is 1. The van der Waals surface area contributed by atoms with E-state index in [9.17, 15) is 5.11 Å². The fourth-order valence-electron chi connectivity index (χ4n) is 3.82. The zero-order chi connectivity index (χ0) is 17.8. The minimum Gasteiger partial charge on any atom is -0.506 e. The Kier molecular flexibility index (Phi) is 3.24. The minimum atomic E-state index is -0.0941. The zero-order valence-corrected chi connectivity index (χ0v) is 14.8. The van der Waals surface area contributed by atoms with E-state index in [-0.39, 0.29) is 11.8 Å². The third-order valence-corrected chi connectivity index (χ3v) is 5.32. The number of rotatable bonds is 1. The van der Waals surface area contributed by atoms with Crippen LogP contribution in [0.5, 0.6) is 5.75 Å². The van der Waals surface area contributed by atoms with Gasteiger partial charge in [0, 0.05) is 41.6 Å². The number of nitrogens with zero attached hydrogens (tertiary/aromatic N) is 2. The third-order valence-electron chi connectivity index (χ3n) is 5.02. The molecule has 0 bridgehead atoms. The Hall–Kier alpha value is -2.98. The first-order valence-electron chi connectivity index (χ1n) is 8.42. The second-order valence-electron chi connectivity index (χ2n) is 6.59. The lowest BCUT2D eigenvalue weighted by atomic mass is 9.97. The Labute approximate surface area is 155 Å². The van der Waals surface area contributed by atoms with E-state index in [1.165, 1.54) is 5.56 Å². The summed E-state index contributed by atoms with van der Waals surface area (Å²) in [4.78, 5) is 4.59. The van der Waals surface area contributed by atoms with Crippen molar-refractivity contribution < 1.29 is 5.11 Å². The van der Waals surface area contributed by atoms with Crippen molar-refractivity contribution in [2.75, 3.05) is 5.32 Å². The number of anilines is 1. The normalized spacial score (nSPS) is 15.4. The highest BCUT2D eigenvalue weighted by Crippen LogP contribution is 2.44. The van der Waals surface area contributed by atoms with E-state index in [0.29, 0.717) is 5.02 Å². The maximum atomic E-state index is 9.80. The van der Waals surface area contributed by atoms with Crippen LogP contribution in [0.15, 0.2) is 60.9 Å². The average molecular weight is 362 g/mol. The van der Waals surface area contributed by atoms with Crippen molar-refractivity contribution in [1.29, 1.82) is 0 Å². The molecule has 0 spiro atoms. The molecule has 5 heteroatoms. The summed E-state index contributed by atoms with van der Waals surface area (Å²) in [5, 5.41) is 15.0. The molecule has 26 heavy (non-hydrogen) atoms. The predicted molar refractivity (Wildman–Crippen MR) is 105 cm³/mol. The molecule has 3 heterocycles. The molecule has 0 aliphatic carbocycles. The topological polar surface area (TPSA) is 50.1 Å². The molecule has 0 radical (unpaired) electrons. The lowest BCUT2D eigenvalue weighted by molar-refractivity contribution is 0.475. The third kappa shape index (κ3) is 2.12. The number of aromatic nitrogens is 2. The second kappa shape index (κ2) is 5.51. The highest BCUT2D eigenvalue weighted by Gasteiger charge is 2.27. The van der Waals surface area contributed by atoms with Crippen LogP contribution < -0.4 is 5.32 Å². The summed E-state index contributed by atoms with van der Waals surface area (Å²) in [6, 6.07) is 15.6. The predicted octanol–water partition coefficient (Wildman–Crippen LogP) is 5.11. The summed E-state index contributed by atoms with van der Waals surface area (Å²) >= 11 is 6.19. The van der Waals surface area contributed by atoms with Crippen molar-refractivity contribution in [2.24, 2.45) is 7.05 Å². The fourth-order valence-corrected chi connectivity index (χ4v) is 4.01. The minimum absolute atomic E-state index is 0.0877. The van der Waals surface area contributed by atoms with Crippen molar-refractivity contribution in [2.45, 2.75) is 6.04 Å². The molecule has 2 N–H and O–H groups in total. The van der Waals surface area contributed by atoms with Gasteiger partial charge < -0.3 is 15.0 Å². The van der Waals surface area contributed by atoms with E-state index in [4.69, 9.17) is 11.6 Å². The second-order valence-corrected chi connectivity index (χ2v) is 6.99. The number of aromatic hydroxyl groups is 1. The van der Waals surface area contributed by atoms with Gasteiger partial charge >= 0.3 is 0 Å². The molecule has 0 saturated carbocycles. The number of pyridine rings is 1. The molecule has 4 nitrogen and oxygen atoms in total. The van der Waals surface area contributed by atoms with Gasteiger partial charge in [0.15, 0.2) is 0 Å². The van der Waals surface area contributed by atoms with E-state index in [2.05, 4.69) is 39.3 Å². The number of phenolic OH excluding ortho intramolecular Hbond substituents is 1.